The zero-order valence-corrected chi connectivity index (χ0v) is 7.22. The molecule has 62 valence electrons. The van der Waals surface area contributed by atoms with Crippen molar-refractivity contribution in [1.82, 2.24) is 4.98 Å². The molecule has 0 aliphatic carbocycles. The molecule has 0 unspecified atom stereocenters. The number of thiophene rings is 1. The Bertz CT molecular complexity index is 436. The van der Waals surface area contributed by atoms with Gasteiger partial charge in [-0.05, 0) is 17.9 Å². The molecule has 2 rings (SSSR count). The zero-order chi connectivity index (χ0) is 8.72. The molecular formula is C8H7NO2S. The van der Waals surface area contributed by atoms with Crippen molar-refractivity contribution in [3.63, 3.8) is 0 Å². The van der Waals surface area contributed by atoms with Crippen LogP contribution < -0.4 is 0 Å². The van der Waals surface area contributed by atoms with Crippen LogP contribution in [0.4, 0.5) is 0 Å². The van der Waals surface area contributed by atoms with E-state index in [-0.39, 0.29) is 11.6 Å². The Morgan fingerprint density at radius 1 is 1.42 bits per heavy atom. The molecule has 3 nitrogen and oxygen atoms in total. The molecule has 2 N–H and O–H groups in total. The zero-order valence-electron chi connectivity index (χ0n) is 6.40. The SMILES string of the molecule is Cc1csc2c(O)cc(O)nc12. The molecule has 0 spiro atoms. The molecule has 0 saturated carbocycles. The van der Waals surface area contributed by atoms with Crippen molar-refractivity contribution >= 4 is 21.6 Å². The van der Waals surface area contributed by atoms with Crippen LogP contribution in [0.2, 0.25) is 0 Å². The van der Waals surface area contributed by atoms with Gasteiger partial charge in [-0.1, -0.05) is 0 Å². The summed E-state index contributed by atoms with van der Waals surface area (Å²) in [6.07, 6.45) is 0. The summed E-state index contributed by atoms with van der Waals surface area (Å²) in [6, 6.07) is 1.25. The summed E-state index contributed by atoms with van der Waals surface area (Å²) in [5, 5.41) is 20.4. The fourth-order valence-corrected chi connectivity index (χ4v) is 2.00. The predicted octanol–water partition coefficient (Wildman–Crippen LogP) is 2.02. The Balaban J connectivity index is 2.92. The maximum Gasteiger partial charge on any atom is 0.215 e. The van der Waals surface area contributed by atoms with E-state index in [1.54, 1.807) is 0 Å². The number of nitrogens with zero attached hydrogens (tertiary/aromatic N) is 1. The summed E-state index contributed by atoms with van der Waals surface area (Å²) in [7, 11) is 0. The summed E-state index contributed by atoms with van der Waals surface area (Å²) >= 11 is 1.43. The van der Waals surface area contributed by atoms with E-state index in [4.69, 9.17) is 5.11 Å². The van der Waals surface area contributed by atoms with Crippen LogP contribution in [0.1, 0.15) is 5.56 Å². The van der Waals surface area contributed by atoms with Crippen molar-refractivity contribution in [3.8, 4) is 11.6 Å². The number of hydrogen-bond donors (Lipinski definition) is 2. The molecule has 0 aromatic carbocycles. The molecule has 2 aromatic heterocycles. The second-order valence-corrected chi connectivity index (χ2v) is 3.48. The van der Waals surface area contributed by atoms with Crippen molar-refractivity contribution in [2.75, 3.05) is 0 Å². The van der Waals surface area contributed by atoms with Crippen LogP contribution in [-0.4, -0.2) is 15.2 Å². The molecule has 0 atom stereocenters. The van der Waals surface area contributed by atoms with Crippen molar-refractivity contribution in [2.45, 2.75) is 6.92 Å². The average molecular weight is 181 g/mol. The van der Waals surface area contributed by atoms with Gasteiger partial charge in [0, 0.05) is 6.07 Å². The predicted molar refractivity (Wildman–Crippen MR) is 47.7 cm³/mol. The van der Waals surface area contributed by atoms with Gasteiger partial charge in [0.25, 0.3) is 0 Å². The molecule has 0 bridgehead atoms. The van der Waals surface area contributed by atoms with Crippen LogP contribution in [0, 0.1) is 6.92 Å². The molecule has 2 aromatic rings. The van der Waals surface area contributed by atoms with Gasteiger partial charge in [0.05, 0.1) is 10.2 Å². The first-order valence-corrected chi connectivity index (χ1v) is 4.33. The van der Waals surface area contributed by atoms with E-state index in [0.717, 1.165) is 10.3 Å². The minimum Gasteiger partial charge on any atom is -0.506 e. The maximum absolute atomic E-state index is 9.38. The number of aryl methyl sites for hydroxylation is 1. The normalized spacial score (nSPS) is 10.8. The lowest BCUT2D eigenvalue weighted by Crippen LogP contribution is -1.77. The van der Waals surface area contributed by atoms with Crippen LogP contribution in [0.5, 0.6) is 11.6 Å². The van der Waals surface area contributed by atoms with E-state index in [0.29, 0.717) is 5.52 Å². The van der Waals surface area contributed by atoms with E-state index in [1.165, 1.54) is 17.4 Å². The van der Waals surface area contributed by atoms with Crippen LogP contribution >= 0.6 is 11.3 Å². The summed E-state index contributed by atoms with van der Waals surface area (Å²) < 4.78 is 0.727. The Kier molecular flexibility index (Phi) is 1.44. The quantitative estimate of drug-likeness (QED) is 0.653. The minimum absolute atomic E-state index is 0.0931. The Morgan fingerprint density at radius 3 is 2.92 bits per heavy atom. The molecule has 0 aliphatic rings. The van der Waals surface area contributed by atoms with Crippen molar-refractivity contribution in [3.05, 3.63) is 17.0 Å². The second kappa shape index (κ2) is 2.35. The standard InChI is InChI=1S/C8H7NO2S/c1-4-3-12-8-5(10)2-6(11)9-7(4)8/h2-3H,1H3,(H2,9,10,11). The molecule has 0 amide bonds. The number of aromatic nitrogens is 1. The highest BCUT2D eigenvalue weighted by Crippen LogP contribution is 2.33. The Morgan fingerprint density at radius 2 is 2.17 bits per heavy atom. The maximum atomic E-state index is 9.38. The number of pyridine rings is 1. The third-order valence-electron chi connectivity index (χ3n) is 1.67. The fraction of sp³-hybridized carbons (Fsp3) is 0.125. The molecule has 0 radical (unpaired) electrons. The largest absolute Gasteiger partial charge is 0.506 e. The highest BCUT2D eigenvalue weighted by atomic mass is 32.1. The first-order chi connectivity index (χ1) is 5.68. The van der Waals surface area contributed by atoms with Crippen LogP contribution in [0.15, 0.2) is 11.4 Å². The molecule has 0 fully saturated rings. The first-order valence-electron chi connectivity index (χ1n) is 3.45. The van der Waals surface area contributed by atoms with E-state index in [1.807, 2.05) is 12.3 Å². The first kappa shape index (κ1) is 7.36. The lowest BCUT2D eigenvalue weighted by atomic mass is 10.3. The minimum atomic E-state index is -0.137. The van der Waals surface area contributed by atoms with E-state index in [9.17, 15) is 5.11 Å². The Hall–Kier alpha value is -1.29. The molecule has 0 aliphatic heterocycles. The monoisotopic (exact) mass is 181 g/mol. The lowest BCUT2D eigenvalue weighted by Gasteiger charge is -1.95. The average Bonchev–Trinajstić information content (AvgIpc) is 2.33. The van der Waals surface area contributed by atoms with Gasteiger partial charge in [0.1, 0.15) is 5.75 Å². The van der Waals surface area contributed by atoms with Gasteiger partial charge in [-0.25, -0.2) is 4.98 Å². The molecule has 2 heterocycles. The fourth-order valence-electron chi connectivity index (χ4n) is 1.09. The van der Waals surface area contributed by atoms with E-state index in [2.05, 4.69) is 4.98 Å². The van der Waals surface area contributed by atoms with E-state index < -0.39 is 0 Å². The number of fused-ring (bicyclic) bond motifs is 1. The topological polar surface area (TPSA) is 53.4 Å². The Labute approximate surface area is 72.9 Å². The number of hydrogen-bond acceptors (Lipinski definition) is 4. The van der Waals surface area contributed by atoms with Gasteiger partial charge in [0.15, 0.2) is 0 Å². The summed E-state index contributed by atoms with van der Waals surface area (Å²) in [5.74, 6) is -0.0444. The molecule has 0 saturated heterocycles. The van der Waals surface area contributed by atoms with Crippen molar-refractivity contribution in [1.29, 1.82) is 0 Å². The van der Waals surface area contributed by atoms with Crippen LogP contribution in [0.25, 0.3) is 10.2 Å². The van der Waals surface area contributed by atoms with Crippen LogP contribution in [0.3, 0.4) is 0 Å². The van der Waals surface area contributed by atoms with Gasteiger partial charge >= 0.3 is 0 Å². The highest BCUT2D eigenvalue weighted by Gasteiger charge is 2.07. The molecule has 12 heavy (non-hydrogen) atoms. The number of rotatable bonds is 0. The molecular weight excluding hydrogens is 174 g/mol. The smallest absolute Gasteiger partial charge is 0.215 e. The van der Waals surface area contributed by atoms with Gasteiger partial charge in [-0.3, -0.25) is 0 Å². The highest BCUT2D eigenvalue weighted by molar-refractivity contribution is 7.17. The number of aromatic hydroxyl groups is 2. The van der Waals surface area contributed by atoms with Crippen molar-refractivity contribution in [2.24, 2.45) is 0 Å². The third kappa shape index (κ3) is 0.921. The lowest BCUT2D eigenvalue weighted by molar-refractivity contribution is 0.441. The van der Waals surface area contributed by atoms with Gasteiger partial charge in [0.2, 0.25) is 5.88 Å². The summed E-state index contributed by atoms with van der Waals surface area (Å²) in [5.41, 5.74) is 1.65. The van der Waals surface area contributed by atoms with Gasteiger partial charge < -0.3 is 10.2 Å². The molecule has 4 heteroatoms. The summed E-state index contributed by atoms with van der Waals surface area (Å²) in [4.78, 5) is 3.90. The van der Waals surface area contributed by atoms with Crippen molar-refractivity contribution < 1.29 is 10.2 Å². The van der Waals surface area contributed by atoms with E-state index >= 15 is 0 Å². The van der Waals surface area contributed by atoms with Gasteiger partial charge in [-0.2, -0.15) is 0 Å². The van der Waals surface area contributed by atoms with Gasteiger partial charge in [-0.15, -0.1) is 11.3 Å². The third-order valence-corrected chi connectivity index (χ3v) is 2.78. The summed E-state index contributed by atoms with van der Waals surface area (Å²) in [6.45, 7) is 1.89. The van der Waals surface area contributed by atoms with Crippen LogP contribution in [-0.2, 0) is 0 Å². The second-order valence-electron chi connectivity index (χ2n) is 2.60.